The molecule has 0 aliphatic rings. The fourth-order valence-electron chi connectivity index (χ4n) is 2.38. The SMILES string of the molecule is N#CCc1ccc(OCC(O)CSc2nnc(Nc3ccc(OC(F)(F)F)cc3)s2)cc1. The van der Waals surface area contributed by atoms with Gasteiger partial charge in [0.25, 0.3) is 0 Å². The van der Waals surface area contributed by atoms with Gasteiger partial charge in [0.2, 0.25) is 5.13 Å². The predicted molar refractivity (Wildman–Crippen MR) is 114 cm³/mol. The van der Waals surface area contributed by atoms with Crippen molar-refractivity contribution in [3.05, 3.63) is 54.1 Å². The first-order chi connectivity index (χ1) is 15.3. The van der Waals surface area contributed by atoms with E-state index in [4.69, 9.17) is 10.00 Å². The fraction of sp³-hybridized carbons (Fsp3) is 0.250. The molecule has 0 aliphatic heterocycles. The Bertz CT molecular complexity index is 1040. The maximum absolute atomic E-state index is 12.2. The maximum atomic E-state index is 12.2. The molecule has 0 amide bonds. The number of hydrogen-bond acceptors (Lipinski definition) is 9. The number of nitrogens with one attached hydrogen (secondary N) is 1. The van der Waals surface area contributed by atoms with Gasteiger partial charge in [0, 0.05) is 11.4 Å². The number of nitriles is 1. The van der Waals surface area contributed by atoms with Crippen molar-refractivity contribution < 1.29 is 27.8 Å². The Kier molecular flexibility index (Phi) is 8.15. The normalized spacial score (nSPS) is 12.1. The number of benzene rings is 2. The van der Waals surface area contributed by atoms with Crippen LogP contribution in [0.15, 0.2) is 52.9 Å². The first-order valence-corrected chi connectivity index (χ1v) is 11.0. The van der Waals surface area contributed by atoms with E-state index < -0.39 is 12.5 Å². The molecule has 2 N–H and O–H groups in total. The zero-order chi connectivity index (χ0) is 23.0. The van der Waals surface area contributed by atoms with Crippen molar-refractivity contribution in [2.24, 2.45) is 0 Å². The minimum atomic E-state index is -4.74. The van der Waals surface area contributed by atoms with E-state index in [0.29, 0.717) is 33.1 Å². The van der Waals surface area contributed by atoms with E-state index in [9.17, 15) is 18.3 Å². The number of rotatable bonds is 10. The summed E-state index contributed by atoms with van der Waals surface area (Å²) in [6.45, 7) is 0.0981. The number of anilines is 2. The molecule has 2 aromatic carbocycles. The van der Waals surface area contributed by atoms with E-state index in [1.807, 2.05) is 0 Å². The first-order valence-electron chi connectivity index (χ1n) is 9.16. The van der Waals surface area contributed by atoms with Crippen LogP contribution in [0.3, 0.4) is 0 Å². The Labute approximate surface area is 189 Å². The highest BCUT2D eigenvalue weighted by Gasteiger charge is 2.30. The van der Waals surface area contributed by atoms with E-state index in [-0.39, 0.29) is 12.4 Å². The predicted octanol–water partition coefficient (Wildman–Crippen LogP) is 4.78. The lowest BCUT2D eigenvalue weighted by molar-refractivity contribution is -0.274. The number of hydrogen-bond donors (Lipinski definition) is 2. The summed E-state index contributed by atoms with van der Waals surface area (Å²) in [5.41, 5.74) is 1.42. The van der Waals surface area contributed by atoms with Crippen molar-refractivity contribution >= 4 is 33.9 Å². The van der Waals surface area contributed by atoms with E-state index in [1.165, 1.54) is 47.4 Å². The van der Waals surface area contributed by atoms with Crippen LogP contribution in [0.2, 0.25) is 0 Å². The molecule has 7 nitrogen and oxygen atoms in total. The van der Waals surface area contributed by atoms with Crippen LogP contribution in [0.4, 0.5) is 24.0 Å². The van der Waals surface area contributed by atoms with Gasteiger partial charge in [0.15, 0.2) is 4.34 Å². The molecule has 168 valence electrons. The van der Waals surface area contributed by atoms with Crippen molar-refractivity contribution in [1.29, 1.82) is 5.26 Å². The summed E-state index contributed by atoms with van der Waals surface area (Å²) in [6.07, 6.45) is -5.14. The Morgan fingerprint density at radius 1 is 1.09 bits per heavy atom. The number of nitrogens with zero attached hydrogens (tertiary/aromatic N) is 3. The molecule has 0 fully saturated rings. The molecule has 1 atom stereocenters. The molecule has 1 aromatic heterocycles. The molecular formula is C20H17F3N4O3S2. The van der Waals surface area contributed by atoms with E-state index in [0.717, 1.165) is 5.56 Å². The smallest absolute Gasteiger partial charge is 0.491 e. The average molecular weight is 483 g/mol. The monoisotopic (exact) mass is 482 g/mol. The van der Waals surface area contributed by atoms with Crippen LogP contribution in [0, 0.1) is 11.3 Å². The van der Waals surface area contributed by atoms with Crippen LogP contribution < -0.4 is 14.8 Å². The third kappa shape index (κ3) is 7.92. The zero-order valence-electron chi connectivity index (χ0n) is 16.4. The number of alkyl halides is 3. The lowest BCUT2D eigenvalue weighted by atomic mass is 10.2. The summed E-state index contributed by atoms with van der Waals surface area (Å²) in [5, 5.41) is 30.2. The third-order valence-corrected chi connectivity index (χ3v) is 5.91. The van der Waals surface area contributed by atoms with Crippen molar-refractivity contribution in [1.82, 2.24) is 10.2 Å². The van der Waals surface area contributed by atoms with E-state index in [1.54, 1.807) is 24.3 Å². The van der Waals surface area contributed by atoms with Gasteiger partial charge in [-0.15, -0.1) is 23.4 Å². The van der Waals surface area contributed by atoms with Crippen LogP contribution >= 0.6 is 23.1 Å². The quantitative estimate of drug-likeness (QED) is 0.399. The third-order valence-electron chi connectivity index (χ3n) is 3.79. The number of thioether (sulfide) groups is 1. The Morgan fingerprint density at radius 3 is 2.44 bits per heavy atom. The van der Waals surface area contributed by atoms with Gasteiger partial charge in [-0.3, -0.25) is 0 Å². The number of halogens is 3. The largest absolute Gasteiger partial charge is 0.573 e. The van der Waals surface area contributed by atoms with Crippen LogP contribution in [0.5, 0.6) is 11.5 Å². The number of aliphatic hydroxyl groups excluding tert-OH is 1. The van der Waals surface area contributed by atoms with Crippen molar-refractivity contribution in [3.8, 4) is 17.6 Å². The maximum Gasteiger partial charge on any atom is 0.573 e. The van der Waals surface area contributed by atoms with Crippen molar-refractivity contribution in [2.45, 2.75) is 23.2 Å². The Morgan fingerprint density at radius 2 is 1.78 bits per heavy atom. The first kappa shape index (κ1) is 23.6. The van der Waals surface area contributed by atoms with E-state index in [2.05, 4.69) is 26.3 Å². The fourth-order valence-corrected chi connectivity index (χ4v) is 4.09. The summed E-state index contributed by atoms with van der Waals surface area (Å²) in [4.78, 5) is 0. The molecule has 0 bridgehead atoms. The van der Waals surface area contributed by atoms with Crippen molar-refractivity contribution in [3.63, 3.8) is 0 Å². The van der Waals surface area contributed by atoms with Gasteiger partial charge in [-0.2, -0.15) is 5.26 Å². The zero-order valence-corrected chi connectivity index (χ0v) is 18.0. The number of ether oxygens (including phenoxy) is 2. The van der Waals surface area contributed by atoms with Gasteiger partial charge in [0.1, 0.15) is 18.1 Å². The van der Waals surface area contributed by atoms with E-state index >= 15 is 0 Å². The molecule has 3 rings (SSSR count). The van der Waals surface area contributed by atoms with Gasteiger partial charge in [-0.25, -0.2) is 0 Å². The number of aliphatic hydroxyl groups is 1. The highest BCUT2D eigenvalue weighted by atomic mass is 32.2. The summed E-state index contributed by atoms with van der Waals surface area (Å²) in [5.74, 6) is 0.626. The molecule has 32 heavy (non-hydrogen) atoms. The second kappa shape index (κ2) is 11.0. The lowest BCUT2D eigenvalue weighted by Gasteiger charge is -2.11. The Balaban J connectivity index is 1.42. The highest BCUT2D eigenvalue weighted by molar-refractivity contribution is 8.01. The summed E-state index contributed by atoms with van der Waals surface area (Å²) < 4.78 is 46.6. The van der Waals surface area contributed by atoms with Crippen LogP contribution in [0.25, 0.3) is 0 Å². The molecule has 1 unspecified atom stereocenters. The molecule has 1 heterocycles. The van der Waals surface area contributed by atoms with Crippen LogP contribution in [0.1, 0.15) is 5.56 Å². The van der Waals surface area contributed by atoms with Crippen molar-refractivity contribution in [2.75, 3.05) is 17.7 Å². The molecule has 3 aromatic rings. The molecule has 0 aliphatic carbocycles. The molecule has 12 heteroatoms. The lowest BCUT2D eigenvalue weighted by Crippen LogP contribution is -2.20. The summed E-state index contributed by atoms with van der Waals surface area (Å²) in [7, 11) is 0. The second-order valence-corrected chi connectivity index (χ2v) is 8.57. The molecule has 0 saturated heterocycles. The van der Waals surface area contributed by atoms with Crippen LogP contribution in [-0.2, 0) is 6.42 Å². The average Bonchev–Trinajstić information content (AvgIpc) is 3.20. The minimum absolute atomic E-state index is 0.0981. The number of aromatic nitrogens is 2. The standard InChI is InChI=1S/C20H17F3N4O3S2/c21-20(22,23)30-17-7-3-14(4-8-17)25-18-26-27-19(32-18)31-12-15(28)11-29-16-5-1-13(2-6-16)9-10-24/h1-8,15,28H,9,11-12H2,(H,25,26). The van der Waals surface area contributed by atoms with Gasteiger partial charge in [0.05, 0.1) is 18.6 Å². The molecule has 0 saturated carbocycles. The second-order valence-electron chi connectivity index (χ2n) is 6.32. The Hall–Kier alpha value is -3.01. The topological polar surface area (TPSA) is 100 Å². The van der Waals surface area contributed by atoms with Gasteiger partial charge >= 0.3 is 6.36 Å². The minimum Gasteiger partial charge on any atom is -0.491 e. The summed E-state index contributed by atoms with van der Waals surface area (Å²) in [6, 6.07) is 14.4. The molecule has 0 spiro atoms. The molecular weight excluding hydrogens is 465 g/mol. The van der Waals surface area contributed by atoms with Crippen LogP contribution in [-0.4, -0.2) is 40.1 Å². The molecule has 0 radical (unpaired) electrons. The summed E-state index contributed by atoms with van der Waals surface area (Å²) >= 11 is 2.55. The van der Waals surface area contributed by atoms with Gasteiger partial charge < -0.3 is 19.9 Å². The highest BCUT2D eigenvalue weighted by Crippen LogP contribution is 2.29. The van der Waals surface area contributed by atoms with Gasteiger partial charge in [-0.05, 0) is 42.0 Å². The van der Waals surface area contributed by atoms with Gasteiger partial charge in [-0.1, -0.05) is 35.2 Å².